The average molecular weight is 247 g/mol. The number of aryl methyl sites for hydroxylation is 1. The Morgan fingerprint density at radius 2 is 2.17 bits per heavy atom. The van der Waals surface area contributed by atoms with Gasteiger partial charge in [-0.05, 0) is 13.0 Å². The molecule has 0 atom stereocenters. The third-order valence-corrected chi connectivity index (χ3v) is 2.93. The largest absolute Gasteiger partial charge is 0.333 e. The average Bonchev–Trinajstić information content (AvgIpc) is 2.98. The monoisotopic (exact) mass is 247 g/mol. The molecule has 0 aromatic carbocycles. The molecule has 0 spiro atoms. The molecule has 0 aliphatic rings. The summed E-state index contributed by atoms with van der Waals surface area (Å²) in [7, 11) is 0. The molecule has 5 heteroatoms. The van der Waals surface area contributed by atoms with Crippen molar-refractivity contribution in [3.8, 4) is 0 Å². The summed E-state index contributed by atoms with van der Waals surface area (Å²) in [6.07, 6.45) is 8.84. The van der Waals surface area contributed by atoms with Crippen molar-refractivity contribution in [2.45, 2.75) is 39.9 Å². The summed E-state index contributed by atoms with van der Waals surface area (Å²) in [5.41, 5.74) is 1.23. The lowest BCUT2D eigenvalue weighted by Gasteiger charge is -2.10. The topological polar surface area (TPSA) is 47.7 Å². The van der Waals surface area contributed by atoms with Crippen molar-refractivity contribution in [2.24, 2.45) is 0 Å². The third-order valence-electron chi connectivity index (χ3n) is 2.93. The van der Waals surface area contributed by atoms with E-state index < -0.39 is 0 Å². The Morgan fingerprint density at radius 3 is 2.94 bits per heavy atom. The second kappa shape index (κ2) is 6.35. The summed E-state index contributed by atoms with van der Waals surface area (Å²) >= 11 is 0. The van der Waals surface area contributed by atoms with Crippen molar-refractivity contribution < 1.29 is 0 Å². The van der Waals surface area contributed by atoms with Crippen LogP contribution >= 0.6 is 0 Å². The predicted octanol–water partition coefficient (Wildman–Crippen LogP) is 1.65. The number of nitrogens with one attached hydrogen (secondary N) is 1. The van der Waals surface area contributed by atoms with Crippen LogP contribution in [-0.4, -0.2) is 25.6 Å². The van der Waals surface area contributed by atoms with Gasteiger partial charge in [0.25, 0.3) is 0 Å². The van der Waals surface area contributed by atoms with E-state index in [0.29, 0.717) is 0 Å². The minimum absolute atomic E-state index is 0.811. The Labute approximate surface area is 108 Å². The van der Waals surface area contributed by atoms with Crippen LogP contribution in [-0.2, 0) is 19.6 Å². The van der Waals surface area contributed by atoms with Gasteiger partial charge in [0, 0.05) is 25.1 Å². The molecule has 0 saturated heterocycles. The minimum Gasteiger partial charge on any atom is -0.333 e. The number of aromatic nitrogens is 4. The van der Waals surface area contributed by atoms with Crippen molar-refractivity contribution in [2.75, 3.05) is 6.54 Å². The Morgan fingerprint density at radius 1 is 1.28 bits per heavy atom. The van der Waals surface area contributed by atoms with Crippen LogP contribution in [0.4, 0.5) is 0 Å². The van der Waals surface area contributed by atoms with Gasteiger partial charge in [-0.3, -0.25) is 0 Å². The molecule has 0 fully saturated rings. The van der Waals surface area contributed by atoms with Crippen LogP contribution in [0, 0.1) is 0 Å². The summed E-state index contributed by atoms with van der Waals surface area (Å²) in [6, 6.07) is 0. The molecule has 18 heavy (non-hydrogen) atoms. The molecule has 0 unspecified atom stereocenters. The van der Waals surface area contributed by atoms with Crippen molar-refractivity contribution in [3.05, 3.63) is 36.4 Å². The fraction of sp³-hybridized carbons (Fsp3) is 0.538. The van der Waals surface area contributed by atoms with E-state index in [2.05, 4.69) is 38.3 Å². The lowest BCUT2D eigenvalue weighted by atomic mass is 10.4. The van der Waals surface area contributed by atoms with E-state index in [-0.39, 0.29) is 0 Å². The van der Waals surface area contributed by atoms with Gasteiger partial charge in [-0.2, -0.15) is 0 Å². The SMILES string of the molecule is CCCn1cncc1Cn1ccnc1CNCC. The molecule has 0 amide bonds. The van der Waals surface area contributed by atoms with Gasteiger partial charge < -0.3 is 14.5 Å². The molecule has 98 valence electrons. The van der Waals surface area contributed by atoms with E-state index in [1.807, 2.05) is 24.9 Å². The summed E-state index contributed by atoms with van der Waals surface area (Å²) < 4.78 is 4.38. The van der Waals surface area contributed by atoms with E-state index in [1.54, 1.807) is 0 Å². The van der Waals surface area contributed by atoms with Gasteiger partial charge in [0.2, 0.25) is 0 Å². The predicted molar refractivity (Wildman–Crippen MR) is 71.2 cm³/mol. The first-order valence-electron chi connectivity index (χ1n) is 6.54. The van der Waals surface area contributed by atoms with Crippen LogP contribution in [0.25, 0.3) is 0 Å². The van der Waals surface area contributed by atoms with Crippen LogP contribution in [0.5, 0.6) is 0 Å². The van der Waals surface area contributed by atoms with Gasteiger partial charge in [-0.15, -0.1) is 0 Å². The van der Waals surface area contributed by atoms with Crippen molar-refractivity contribution in [3.63, 3.8) is 0 Å². The first-order valence-corrected chi connectivity index (χ1v) is 6.54. The molecule has 2 aromatic heterocycles. The summed E-state index contributed by atoms with van der Waals surface area (Å²) in [5.74, 6) is 1.07. The normalized spacial score (nSPS) is 11.0. The van der Waals surface area contributed by atoms with Crippen LogP contribution in [0.15, 0.2) is 24.9 Å². The lowest BCUT2D eigenvalue weighted by molar-refractivity contribution is 0.595. The quantitative estimate of drug-likeness (QED) is 0.809. The maximum absolute atomic E-state index is 4.38. The second-order valence-electron chi connectivity index (χ2n) is 4.33. The zero-order valence-electron chi connectivity index (χ0n) is 11.1. The molecule has 1 N–H and O–H groups in total. The maximum Gasteiger partial charge on any atom is 0.123 e. The highest BCUT2D eigenvalue weighted by molar-refractivity contribution is 5.03. The minimum atomic E-state index is 0.811. The van der Waals surface area contributed by atoms with Gasteiger partial charge in [0.1, 0.15) is 5.82 Å². The lowest BCUT2D eigenvalue weighted by Crippen LogP contribution is -2.17. The van der Waals surface area contributed by atoms with Gasteiger partial charge in [0.15, 0.2) is 0 Å². The first-order chi connectivity index (χ1) is 8.85. The molecule has 2 rings (SSSR count). The number of hydrogen-bond donors (Lipinski definition) is 1. The maximum atomic E-state index is 4.38. The summed E-state index contributed by atoms with van der Waals surface area (Å²) in [5, 5.41) is 3.30. The first kappa shape index (κ1) is 12.8. The van der Waals surface area contributed by atoms with Crippen LogP contribution in [0.3, 0.4) is 0 Å². The van der Waals surface area contributed by atoms with Gasteiger partial charge >= 0.3 is 0 Å². The van der Waals surface area contributed by atoms with Gasteiger partial charge in [-0.1, -0.05) is 13.8 Å². The summed E-state index contributed by atoms with van der Waals surface area (Å²) in [6.45, 7) is 7.90. The molecular weight excluding hydrogens is 226 g/mol. The molecule has 0 saturated carbocycles. The summed E-state index contributed by atoms with van der Waals surface area (Å²) in [4.78, 5) is 8.61. The molecule has 2 heterocycles. The van der Waals surface area contributed by atoms with E-state index >= 15 is 0 Å². The Hall–Kier alpha value is -1.62. The number of rotatable bonds is 7. The second-order valence-corrected chi connectivity index (χ2v) is 4.33. The van der Waals surface area contributed by atoms with Crippen molar-refractivity contribution in [1.82, 2.24) is 24.4 Å². The highest BCUT2D eigenvalue weighted by Crippen LogP contribution is 2.06. The smallest absolute Gasteiger partial charge is 0.123 e. The third kappa shape index (κ3) is 2.98. The van der Waals surface area contributed by atoms with E-state index in [0.717, 1.165) is 38.4 Å². The van der Waals surface area contributed by atoms with Crippen LogP contribution in [0.2, 0.25) is 0 Å². The number of hydrogen-bond acceptors (Lipinski definition) is 3. The molecule has 5 nitrogen and oxygen atoms in total. The van der Waals surface area contributed by atoms with Crippen molar-refractivity contribution in [1.29, 1.82) is 0 Å². The zero-order chi connectivity index (χ0) is 12.8. The van der Waals surface area contributed by atoms with E-state index in [1.165, 1.54) is 5.69 Å². The van der Waals surface area contributed by atoms with E-state index in [4.69, 9.17) is 0 Å². The van der Waals surface area contributed by atoms with Crippen LogP contribution in [0.1, 0.15) is 31.8 Å². The molecule has 0 aliphatic heterocycles. The van der Waals surface area contributed by atoms with Gasteiger partial charge in [-0.25, -0.2) is 9.97 Å². The molecule has 0 aliphatic carbocycles. The highest BCUT2D eigenvalue weighted by atomic mass is 15.1. The number of nitrogens with zero attached hydrogens (tertiary/aromatic N) is 4. The molecule has 0 bridgehead atoms. The zero-order valence-corrected chi connectivity index (χ0v) is 11.1. The Bertz CT molecular complexity index is 471. The fourth-order valence-electron chi connectivity index (χ4n) is 1.98. The molecule has 2 aromatic rings. The fourth-order valence-corrected chi connectivity index (χ4v) is 1.98. The molecular formula is C13H21N5. The standard InChI is InChI=1S/C13H21N5/c1-3-6-18-11-15-8-12(18)10-17-7-5-16-13(17)9-14-4-2/h5,7-8,11,14H,3-4,6,9-10H2,1-2H3. The van der Waals surface area contributed by atoms with E-state index in [9.17, 15) is 0 Å². The Balaban J connectivity index is 2.08. The van der Waals surface area contributed by atoms with Crippen LogP contribution < -0.4 is 5.32 Å². The highest BCUT2D eigenvalue weighted by Gasteiger charge is 2.06. The van der Waals surface area contributed by atoms with Gasteiger partial charge in [0.05, 0.1) is 25.1 Å². The molecule has 0 radical (unpaired) electrons. The van der Waals surface area contributed by atoms with Crippen molar-refractivity contribution >= 4 is 0 Å². The number of imidazole rings is 2. The Kier molecular flexibility index (Phi) is 4.52.